The van der Waals surface area contributed by atoms with Crippen molar-refractivity contribution >= 4 is 38.9 Å². The van der Waals surface area contributed by atoms with Crippen molar-refractivity contribution in [3.8, 4) is 10.6 Å². The van der Waals surface area contributed by atoms with Crippen LogP contribution in [0.15, 0.2) is 59.5 Å². The molecule has 0 aliphatic rings. The molecule has 1 heterocycles. The lowest BCUT2D eigenvalue weighted by Gasteiger charge is -2.07. The first-order valence-corrected chi connectivity index (χ1v) is 10.1. The monoisotopic (exact) mass is 407 g/mol. The zero-order chi connectivity index (χ0) is 18.7. The molecule has 0 aliphatic heterocycles. The van der Waals surface area contributed by atoms with Gasteiger partial charge in [0.05, 0.1) is 10.6 Å². The van der Waals surface area contributed by atoms with Gasteiger partial charge in [-0.1, -0.05) is 41.9 Å². The standard InChI is InChI=1S/C17H14ClN3O3S2/c1-11-15(25-17(19-11)12-5-3-2-4-6-12)16(22)20-21-26(23,24)14-9-7-13(18)8-10-14/h2-10,21H,1H3,(H,20,22). The largest absolute Gasteiger partial charge is 0.278 e. The molecule has 0 unspecified atom stereocenters. The number of nitrogens with zero attached hydrogens (tertiary/aromatic N) is 1. The molecule has 3 aromatic rings. The van der Waals surface area contributed by atoms with Gasteiger partial charge in [-0.05, 0) is 31.2 Å². The molecule has 9 heteroatoms. The van der Waals surface area contributed by atoms with Gasteiger partial charge in [0.25, 0.3) is 15.9 Å². The number of rotatable bonds is 5. The smallest absolute Gasteiger partial charge is 0.273 e. The number of nitrogens with one attached hydrogen (secondary N) is 2. The molecule has 0 bridgehead atoms. The molecule has 0 aliphatic carbocycles. The molecule has 26 heavy (non-hydrogen) atoms. The Hall–Kier alpha value is -2.26. The SMILES string of the molecule is Cc1nc(-c2ccccc2)sc1C(=O)NNS(=O)(=O)c1ccc(Cl)cc1. The highest BCUT2D eigenvalue weighted by Crippen LogP contribution is 2.27. The number of aryl methyl sites for hydroxylation is 1. The Kier molecular flexibility index (Phi) is 5.38. The van der Waals surface area contributed by atoms with Crippen LogP contribution in [0, 0.1) is 6.92 Å². The number of hydrazine groups is 1. The van der Waals surface area contributed by atoms with E-state index in [1.807, 2.05) is 30.3 Å². The third kappa shape index (κ3) is 4.10. The number of halogens is 1. The van der Waals surface area contributed by atoms with Crippen molar-refractivity contribution in [1.29, 1.82) is 0 Å². The first kappa shape index (κ1) is 18.5. The molecule has 0 saturated heterocycles. The molecule has 0 spiro atoms. The Balaban J connectivity index is 1.74. The fourth-order valence-electron chi connectivity index (χ4n) is 2.15. The van der Waals surface area contributed by atoms with E-state index in [4.69, 9.17) is 11.6 Å². The highest BCUT2D eigenvalue weighted by molar-refractivity contribution is 7.89. The molecular weight excluding hydrogens is 394 g/mol. The normalized spacial score (nSPS) is 11.3. The predicted molar refractivity (Wildman–Crippen MR) is 102 cm³/mol. The van der Waals surface area contributed by atoms with Gasteiger partial charge < -0.3 is 0 Å². The molecular formula is C17H14ClN3O3S2. The van der Waals surface area contributed by atoms with Crippen LogP contribution in [0.3, 0.4) is 0 Å². The number of thiazole rings is 1. The van der Waals surface area contributed by atoms with Crippen LogP contribution in [0.1, 0.15) is 15.4 Å². The van der Waals surface area contributed by atoms with Crippen LogP contribution in [0.25, 0.3) is 10.6 Å². The molecule has 2 N–H and O–H groups in total. The van der Waals surface area contributed by atoms with Gasteiger partial charge in [0, 0.05) is 10.6 Å². The molecule has 0 saturated carbocycles. The molecule has 0 radical (unpaired) electrons. The van der Waals surface area contributed by atoms with Crippen molar-refractivity contribution < 1.29 is 13.2 Å². The van der Waals surface area contributed by atoms with Gasteiger partial charge >= 0.3 is 0 Å². The van der Waals surface area contributed by atoms with E-state index in [0.717, 1.165) is 5.56 Å². The lowest BCUT2D eigenvalue weighted by Crippen LogP contribution is -2.41. The second-order valence-corrected chi connectivity index (χ2v) is 8.43. The van der Waals surface area contributed by atoms with Crippen molar-refractivity contribution in [3.63, 3.8) is 0 Å². The maximum atomic E-state index is 12.4. The summed E-state index contributed by atoms with van der Waals surface area (Å²) < 4.78 is 24.4. The highest BCUT2D eigenvalue weighted by Gasteiger charge is 2.19. The second kappa shape index (κ2) is 7.55. The van der Waals surface area contributed by atoms with Crippen LogP contribution >= 0.6 is 22.9 Å². The fourth-order valence-corrected chi connectivity index (χ4v) is 4.09. The minimum Gasteiger partial charge on any atom is -0.273 e. The van der Waals surface area contributed by atoms with Crippen LogP contribution in [-0.4, -0.2) is 19.3 Å². The molecule has 1 aromatic heterocycles. The van der Waals surface area contributed by atoms with Crippen LogP contribution in [0.5, 0.6) is 0 Å². The predicted octanol–water partition coefficient (Wildman–Crippen LogP) is 3.40. The minimum atomic E-state index is -3.89. The van der Waals surface area contributed by atoms with Crippen LogP contribution < -0.4 is 10.3 Å². The van der Waals surface area contributed by atoms with Crippen molar-refractivity contribution in [2.75, 3.05) is 0 Å². The van der Waals surface area contributed by atoms with E-state index in [1.165, 1.54) is 35.6 Å². The summed E-state index contributed by atoms with van der Waals surface area (Å²) >= 11 is 6.94. The fraction of sp³-hybridized carbons (Fsp3) is 0.0588. The van der Waals surface area contributed by atoms with E-state index in [0.29, 0.717) is 20.6 Å². The minimum absolute atomic E-state index is 0.00630. The number of hydrogen-bond acceptors (Lipinski definition) is 5. The first-order chi connectivity index (χ1) is 12.4. The summed E-state index contributed by atoms with van der Waals surface area (Å²) in [5.41, 5.74) is 3.63. The number of amides is 1. The van der Waals surface area contributed by atoms with Gasteiger partial charge in [-0.2, -0.15) is 0 Å². The zero-order valence-corrected chi connectivity index (χ0v) is 16.0. The Morgan fingerprint density at radius 1 is 1.08 bits per heavy atom. The van der Waals surface area contributed by atoms with Crippen molar-refractivity contribution in [1.82, 2.24) is 15.2 Å². The summed E-state index contributed by atoms with van der Waals surface area (Å²) in [5.74, 6) is -0.570. The average molecular weight is 408 g/mol. The van der Waals surface area contributed by atoms with Gasteiger partial charge in [0.15, 0.2) is 0 Å². The Morgan fingerprint density at radius 2 is 1.73 bits per heavy atom. The number of carbonyl (C=O) groups excluding carboxylic acids is 1. The van der Waals surface area contributed by atoms with E-state index < -0.39 is 15.9 Å². The van der Waals surface area contributed by atoms with Crippen LogP contribution in [0.2, 0.25) is 5.02 Å². The van der Waals surface area contributed by atoms with Crippen LogP contribution in [-0.2, 0) is 10.0 Å². The lowest BCUT2D eigenvalue weighted by molar-refractivity contribution is 0.0948. The second-order valence-electron chi connectivity index (χ2n) is 5.31. The molecule has 1 amide bonds. The maximum Gasteiger partial charge on any atom is 0.278 e. The summed E-state index contributed by atoms with van der Waals surface area (Å²) in [6, 6.07) is 15.0. The third-order valence-corrected chi connectivity index (χ3v) is 6.17. The Bertz CT molecular complexity index is 1030. The molecule has 3 rings (SSSR count). The molecule has 0 fully saturated rings. The van der Waals surface area contributed by atoms with Gasteiger partial charge in [-0.3, -0.25) is 10.2 Å². The van der Waals surface area contributed by atoms with Gasteiger partial charge in [0.2, 0.25) is 0 Å². The highest BCUT2D eigenvalue weighted by atomic mass is 35.5. The van der Waals surface area contributed by atoms with E-state index in [2.05, 4.69) is 15.2 Å². The topological polar surface area (TPSA) is 88.2 Å². The van der Waals surface area contributed by atoms with E-state index in [-0.39, 0.29) is 4.90 Å². The van der Waals surface area contributed by atoms with Gasteiger partial charge in [-0.15, -0.1) is 16.2 Å². The number of sulfonamides is 1. The summed E-state index contributed by atoms with van der Waals surface area (Å²) in [6.07, 6.45) is 0. The quantitative estimate of drug-likeness (QED) is 0.634. The van der Waals surface area contributed by atoms with Crippen LogP contribution in [0.4, 0.5) is 0 Å². The zero-order valence-electron chi connectivity index (χ0n) is 13.6. The lowest BCUT2D eigenvalue weighted by atomic mass is 10.2. The summed E-state index contributed by atoms with van der Waals surface area (Å²) in [7, 11) is -3.89. The van der Waals surface area contributed by atoms with Crippen molar-refractivity contribution in [3.05, 3.63) is 70.2 Å². The van der Waals surface area contributed by atoms with E-state index >= 15 is 0 Å². The van der Waals surface area contributed by atoms with E-state index in [1.54, 1.807) is 6.92 Å². The number of carbonyl (C=O) groups is 1. The Labute approximate surface area is 159 Å². The number of hydrogen-bond donors (Lipinski definition) is 2. The first-order valence-electron chi connectivity index (χ1n) is 7.47. The maximum absolute atomic E-state index is 12.4. The summed E-state index contributed by atoms with van der Waals surface area (Å²) in [5, 5.41) is 1.11. The molecule has 134 valence electrons. The summed E-state index contributed by atoms with van der Waals surface area (Å²) in [4.78, 5) is 19.1. The van der Waals surface area contributed by atoms with E-state index in [9.17, 15) is 13.2 Å². The molecule has 0 atom stereocenters. The van der Waals surface area contributed by atoms with Gasteiger partial charge in [0.1, 0.15) is 9.88 Å². The van der Waals surface area contributed by atoms with Crippen molar-refractivity contribution in [2.45, 2.75) is 11.8 Å². The van der Waals surface area contributed by atoms with Gasteiger partial charge in [-0.25, -0.2) is 13.4 Å². The molecule has 2 aromatic carbocycles. The Morgan fingerprint density at radius 3 is 2.38 bits per heavy atom. The molecule has 6 nitrogen and oxygen atoms in total. The number of benzene rings is 2. The number of aromatic nitrogens is 1. The summed E-state index contributed by atoms with van der Waals surface area (Å²) in [6.45, 7) is 1.70. The third-order valence-electron chi connectivity index (χ3n) is 3.45. The van der Waals surface area contributed by atoms with Crippen molar-refractivity contribution in [2.24, 2.45) is 0 Å². The average Bonchev–Trinajstić information content (AvgIpc) is 3.03.